The zero-order valence-corrected chi connectivity index (χ0v) is 32.6. The highest BCUT2D eigenvalue weighted by molar-refractivity contribution is 6.04. The molecular weight excluding hydrogens is 688 g/mol. The molecule has 53 heavy (non-hydrogen) atoms. The van der Waals surface area contributed by atoms with Crippen LogP contribution in [0.15, 0.2) is 0 Å². The lowest BCUT2D eigenvalue weighted by atomic mass is 9.84. The lowest BCUT2D eigenvalue weighted by Crippen LogP contribution is -2.48. The number of nitrogens with zero attached hydrogens (tertiary/aromatic N) is 1. The normalized spacial score (nSPS) is 16.4. The predicted molar refractivity (Wildman–Crippen MR) is 194 cm³/mol. The van der Waals surface area contributed by atoms with Crippen LogP contribution in [0.4, 0.5) is 0 Å². The molecule has 0 radical (unpaired) electrons. The third-order valence-electron chi connectivity index (χ3n) is 9.77. The number of carboxylic acids is 1. The molecular formula is C38H60N4O11. The fraction of sp³-hybridized carbons (Fsp3) is 0.737. The van der Waals surface area contributed by atoms with Crippen LogP contribution >= 0.6 is 0 Å². The molecule has 0 aromatic carbocycles. The minimum atomic E-state index is -1.09. The van der Waals surface area contributed by atoms with E-state index >= 15 is 0 Å². The second-order valence-corrected chi connectivity index (χ2v) is 15.1. The molecule has 1 aliphatic rings. The van der Waals surface area contributed by atoms with Gasteiger partial charge in [-0.25, -0.2) is 0 Å². The van der Waals surface area contributed by atoms with E-state index in [1.807, 2.05) is 20.8 Å². The number of carbonyl (C=O) groups excluding carboxylic acids is 9. The van der Waals surface area contributed by atoms with Crippen molar-refractivity contribution in [3.05, 3.63) is 0 Å². The summed E-state index contributed by atoms with van der Waals surface area (Å²) in [6.07, 6.45) is -0.236. The van der Waals surface area contributed by atoms with Gasteiger partial charge in [0.05, 0.1) is 36.9 Å². The predicted octanol–water partition coefficient (Wildman–Crippen LogP) is 2.21. The summed E-state index contributed by atoms with van der Waals surface area (Å²) in [6.45, 7) is 13.4. The summed E-state index contributed by atoms with van der Waals surface area (Å²) < 4.78 is 0. The molecule has 15 heteroatoms. The van der Waals surface area contributed by atoms with Gasteiger partial charge in [-0.05, 0) is 44.4 Å². The summed E-state index contributed by atoms with van der Waals surface area (Å²) in [5.41, 5.74) is 0. The van der Waals surface area contributed by atoms with Gasteiger partial charge >= 0.3 is 5.97 Å². The van der Waals surface area contributed by atoms with Crippen molar-refractivity contribution in [1.29, 1.82) is 0 Å². The Morgan fingerprint density at radius 1 is 0.792 bits per heavy atom. The molecule has 1 fully saturated rings. The Hall–Kier alpha value is -4.30. The highest BCUT2D eigenvalue weighted by Crippen LogP contribution is 2.23. The number of likely N-dealkylation sites (tertiary alicyclic amines) is 1. The van der Waals surface area contributed by atoms with Crippen molar-refractivity contribution < 1.29 is 53.1 Å². The summed E-state index contributed by atoms with van der Waals surface area (Å²) in [5.74, 6) is -8.03. The van der Waals surface area contributed by atoms with Crippen LogP contribution in [-0.4, -0.2) is 100 Å². The fourth-order valence-corrected chi connectivity index (χ4v) is 6.25. The first-order valence-electron chi connectivity index (χ1n) is 18.6. The Morgan fingerprint density at radius 2 is 1.42 bits per heavy atom. The molecule has 1 rings (SSSR count). The molecule has 4 N–H and O–H groups in total. The minimum Gasteiger partial charge on any atom is -0.481 e. The van der Waals surface area contributed by atoms with Gasteiger partial charge in [0.1, 0.15) is 11.6 Å². The maximum absolute atomic E-state index is 13.6. The highest BCUT2D eigenvalue weighted by Gasteiger charge is 2.35. The molecule has 0 aromatic rings. The maximum Gasteiger partial charge on any atom is 0.303 e. The van der Waals surface area contributed by atoms with E-state index in [0.717, 1.165) is 0 Å². The molecule has 5 unspecified atom stereocenters. The Morgan fingerprint density at radius 3 is 1.94 bits per heavy atom. The van der Waals surface area contributed by atoms with E-state index in [-0.39, 0.29) is 86.7 Å². The van der Waals surface area contributed by atoms with Crippen molar-refractivity contribution in [1.82, 2.24) is 20.9 Å². The number of hydrogen-bond acceptors (Lipinski definition) is 10. The van der Waals surface area contributed by atoms with Crippen molar-refractivity contribution in [3.63, 3.8) is 0 Å². The van der Waals surface area contributed by atoms with Gasteiger partial charge in [0.25, 0.3) is 0 Å². The first-order chi connectivity index (χ1) is 24.7. The van der Waals surface area contributed by atoms with Gasteiger partial charge in [-0.1, -0.05) is 48.0 Å². The van der Waals surface area contributed by atoms with Crippen LogP contribution in [0.3, 0.4) is 0 Å². The van der Waals surface area contributed by atoms with Gasteiger partial charge in [-0.15, -0.1) is 0 Å². The van der Waals surface area contributed by atoms with E-state index in [0.29, 0.717) is 19.4 Å². The molecule has 0 aliphatic carbocycles. The third kappa shape index (κ3) is 16.5. The summed E-state index contributed by atoms with van der Waals surface area (Å²) in [6, 6.07) is -1.83. The van der Waals surface area contributed by atoms with Gasteiger partial charge in [0, 0.05) is 51.1 Å². The zero-order chi connectivity index (χ0) is 40.6. The first kappa shape index (κ1) is 46.7. The number of rotatable bonds is 25. The van der Waals surface area contributed by atoms with Gasteiger partial charge in [-0.3, -0.25) is 47.9 Å². The van der Waals surface area contributed by atoms with E-state index in [2.05, 4.69) is 16.0 Å². The SMILES string of the molecule is CCC(C)C(CC(=O)C(CC(C)C)NC(=O)CCC(=O)C(NC(=O)C1CCN(C(=O)CCC(=O)O)C1)C(C)C)C(=O)NCC(=O)CC(C(C)=O)C(C)=O. The van der Waals surface area contributed by atoms with Gasteiger partial charge < -0.3 is 26.0 Å². The number of Topliss-reactive ketones (excluding diaryl/α,β-unsaturated/α-hetero) is 5. The molecule has 0 aromatic heterocycles. The minimum absolute atomic E-state index is 0.00520. The lowest BCUT2D eigenvalue weighted by Gasteiger charge is -2.26. The smallest absolute Gasteiger partial charge is 0.303 e. The zero-order valence-electron chi connectivity index (χ0n) is 32.6. The molecule has 0 saturated carbocycles. The van der Waals surface area contributed by atoms with Crippen molar-refractivity contribution in [2.75, 3.05) is 19.6 Å². The summed E-state index contributed by atoms with van der Waals surface area (Å²) in [5, 5.41) is 16.9. The van der Waals surface area contributed by atoms with Crippen LogP contribution in [0.2, 0.25) is 0 Å². The number of aliphatic carboxylic acids is 1. The number of hydrogen-bond donors (Lipinski definition) is 4. The van der Waals surface area contributed by atoms with E-state index < -0.39 is 77.4 Å². The fourth-order valence-electron chi connectivity index (χ4n) is 6.25. The van der Waals surface area contributed by atoms with Crippen molar-refractivity contribution in [2.24, 2.45) is 35.5 Å². The summed E-state index contributed by atoms with van der Waals surface area (Å²) >= 11 is 0. The average molecular weight is 749 g/mol. The molecule has 5 atom stereocenters. The Bertz CT molecular complexity index is 1360. The second-order valence-electron chi connectivity index (χ2n) is 15.1. The van der Waals surface area contributed by atoms with Crippen LogP contribution in [-0.2, 0) is 47.9 Å². The van der Waals surface area contributed by atoms with Crippen LogP contribution in [0.5, 0.6) is 0 Å². The monoisotopic (exact) mass is 748 g/mol. The molecule has 298 valence electrons. The van der Waals surface area contributed by atoms with Crippen LogP contribution < -0.4 is 16.0 Å². The maximum atomic E-state index is 13.6. The molecule has 0 bridgehead atoms. The Labute approximate surface area is 312 Å². The van der Waals surface area contributed by atoms with Crippen molar-refractivity contribution in [3.8, 4) is 0 Å². The highest BCUT2D eigenvalue weighted by atomic mass is 16.4. The van der Waals surface area contributed by atoms with Crippen LogP contribution in [0.25, 0.3) is 0 Å². The molecule has 1 saturated heterocycles. The van der Waals surface area contributed by atoms with Crippen LogP contribution in [0, 0.1) is 35.5 Å². The number of carboxylic acid groups (broad SMARTS) is 1. The average Bonchev–Trinajstić information content (AvgIpc) is 3.58. The van der Waals surface area contributed by atoms with Gasteiger partial charge in [0.2, 0.25) is 23.6 Å². The van der Waals surface area contributed by atoms with Crippen molar-refractivity contribution in [2.45, 2.75) is 125 Å². The standard InChI is InChI=1S/C38H60N4O11/c1-9-23(6)28(38(53)39-19-27(45)17-29(24(7)43)25(8)44)18-32(47)30(16-21(2)3)40-33(48)11-10-31(46)36(22(4)5)41-37(52)26-14-15-42(20-26)34(49)12-13-35(50)51/h21-23,26,28-30,36H,9-20H2,1-8H3,(H,39,53)(H,40,48)(H,41,52)(H,50,51). The molecule has 0 spiro atoms. The quantitative estimate of drug-likeness (QED) is 0.0989. The molecule has 4 amide bonds. The van der Waals surface area contributed by atoms with Crippen LogP contribution in [0.1, 0.15) is 113 Å². The number of amides is 4. The van der Waals surface area contributed by atoms with E-state index in [4.69, 9.17) is 5.11 Å². The van der Waals surface area contributed by atoms with E-state index in [9.17, 15) is 47.9 Å². The summed E-state index contributed by atoms with van der Waals surface area (Å²) in [4.78, 5) is 127. The Kier molecular flexibility index (Phi) is 20.0. The van der Waals surface area contributed by atoms with E-state index in [1.54, 1.807) is 20.8 Å². The Balaban J connectivity index is 2.85. The molecule has 1 aliphatic heterocycles. The number of ketones is 5. The molecule has 1 heterocycles. The lowest BCUT2D eigenvalue weighted by molar-refractivity contribution is -0.140. The third-order valence-corrected chi connectivity index (χ3v) is 9.77. The number of nitrogens with one attached hydrogen (secondary N) is 3. The van der Waals surface area contributed by atoms with Gasteiger partial charge in [-0.2, -0.15) is 0 Å². The molecule has 15 nitrogen and oxygen atoms in total. The largest absolute Gasteiger partial charge is 0.481 e. The second kappa shape index (κ2) is 22.7. The summed E-state index contributed by atoms with van der Waals surface area (Å²) in [7, 11) is 0. The topological polar surface area (TPSA) is 230 Å². The first-order valence-corrected chi connectivity index (χ1v) is 18.6. The van der Waals surface area contributed by atoms with Crippen molar-refractivity contribution >= 4 is 58.5 Å². The van der Waals surface area contributed by atoms with E-state index in [1.165, 1.54) is 18.7 Å². The number of carbonyl (C=O) groups is 10. The van der Waals surface area contributed by atoms with Gasteiger partial charge in [0.15, 0.2) is 17.3 Å².